The van der Waals surface area contributed by atoms with E-state index in [0.29, 0.717) is 5.56 Å². The largest absolute Gasteiger partial charge is 0.309 e. The Labute approximate surface area is 115 Å². The molecule has 0 spiro atoms. The Morgan fingerprint density at radius 3 is 2.50 bits per heavy atom. The summed E-state index contributed by atoms with van der Waals surface area (Å²) in [7, 11) is 1.84. The Morgan fingerprint density at radius 1 is 1.11 bits per heavy atom. The Bertz CT molecular complexity index is 554. The zero-order valence-corrected chi connectivity index (χ0v) is 12.0. The molecule has 94 valence electrons. The summed E-state index contributed by atoms with van der Waals surface area (Å²) in [5.41, 5.74) is 2.76. The molecule has 2 rings (SSSR count). The van der Waals surface area contributed by atoms with Gasteiger partial charge in [-0.25, -0.2) is 4.39 Å². The van der Waals surface area contributed by atoms with Crippen LogP contribution in [0.3, 0.4) is 0 Å². The third kappa shape index (κ3) is 2.62. The van der Waals surface area contributed by atoms with Gasteiger partial charge in [0.15, 0.2) is 0 Å². The molecular weight excluding hydrogens is 293 g/mol. The molecule has 1 unspecified atom stereocenters. The first-order valence-corrected chi connectivity index (χ1v) is 6.60. The summed E-state index contributed by atoms with van der Waals surface area (Å²) in [6.45, 7) is 1.97. The van der Waals surface area contributed by atoms with Gasteiger partial charge in [-0.3, -0.25) is 0 Å². The summed E-state index contributed by atoms with van der Waals surface area (Å²) in [6, 6.07) is 12.9. The van der Waals surface area contributed by atoms with Crippen LogP contribution in [-0.2, 0) is 0 Å². The van der Waals surface area contributed by atoms with Crippen molar-refractivity contribution in [3.8, 4) is 0 Å². The zero-order valence-electron chi connectivity index (χ0n) is 10.4. The van der Waals surface area contributed by atoms with Gasteiger partial charge in [0.2, 0.25) is 0 Å². The standard InChI is InChI=1S/C15H15BrFN/c1-10-7-8-14(17)12(9-10)15(18-2)11-5-3-4-6-13(11)16/h3-9,15,18H,1-2H3. The fraction of sp³-hybridized carbons (Fsp3) is 0.200. The average molecular weight is 308 g/mol. The lowest BCUT2D eigenvalue weighted by atomic mass is 9.97. The number of hydrogen-bond acceptors (Lipinski definition) is 1. The van der Waals surface area contributed by atoms with Gasteiger partial charge in [0.25, 0.3) is 0 Å². The molecule has 0 heterocycles. The van der Waals surface area contributed by atoms with E-state index in [4.69, 9.17) is 0 Å². The minimum Gasteiger partial charge on any atom is -0.309 e. The van der Waals surface area contributed by atoms with Crippen LogP contribution < -0.4 is 5.32 Å². The van der Waals surface area contributed by atoms with E-state index in [0.717, 1.165) is 15.6 Å². The van der Waals surface area contributed by atoms with Crippen molar-refractivity contribution in [3.05, 3.63) is 69.4 Å². The molecule has 0 aliphatic heterocycles. The fourth-order valence-corrected chi connectivity index (χ4v) is 2.59. The van der Waals surface area contributed by atoms with Crippen LogP contribution in [0.4, 0.5) is 4.39 Å². The maximum atomic E-state index is 14.0. The fourth-order valence-electron chi connectivity index (χ4n) is 2.07. The van der Waals surface area contributed by atoms with Crippen LogP contribution in [0.25, 0.3) is 0 Å². The van der Waals surface area contributed by atoms with Crippen LogP contribution in [0.5, 0.6) is 0 Å². The quantitative estimate of drug-likeness (QED) is 0.896. The second-order valence-electron chi connectivity index (χ2n) is 4.27. The lowest BCUT2D eigenvalue weighted by Crippen LogP contribution is -2.19. The van der Waals surface area contributed by atoms with E-state index >= 15 is 0 Å². The van der Waals surface area contributed by atoms with Crippen LogP contribution in [0.2, 0.25) is 0 Å². The highest BCUT2D eigenvalue weighted by Gasteiger charge is 2.18. The molecule has 18 heavy (non-hydrogen) atoms. The van der Waals surface area contributed by atoms with Gasteiger partial charge >= 0.3 is 0 Å². The molecule has 0 saturated carbocycles. The van der Waals surface area contributed by atoms with Crippen molar-refractivity contribution in [1.29, 1.82) is 0 Å². The molecule has 1 atom stereocenters. The van der Waals surface area contributed by atoms with E-state index < -0.39 is 0 Å². The average Bonchev–Trinajstić information content (AvgIpc) is 2.36. The van der Waals surface area contributed by atoms with E-state index in [1.807, 2.05) is 44.3 Å². The number of benzene rings is 2. The molecule has 2 aromatic rings. The number of aryl methyl sites for hydroxylation is 1. The molecule has 0 amide bonds. The summed E-state index contributed by atoms with van der Waals surface area (Å²) in [6.07, 6.45) is 0. The first kappa shape index (κ1) is 13.2. The SMILES string of the molecule is CNC(c1cc(C)ccc1F)c1ccccc1Br. The Kier molecular flexibility index (Phi) is 4.15. The summed E-state index contributed by atoms with van der Waals surface area (Å²) in [5.74, 6) is -0.185. The lowest BCUT2D eigenvalue weighted by molar-refractivity contribution is 0.575. The Balaban J connectivity index is 2.52. The van der Waals surface area contributed by atoms with Crippen molar-refractivity contribution < 1.29 is 4.39 Å². The molecule has 3 heteroatoms. The van der Waals surface area contributed by atoms with Gasteiger partial charge in [0, 0.05) is 10.0 Å². The monoisotopic (exact) mass is 307 g/mol. The van der Waals surface area contributed by atoms with Gasteiger partial charge in [0.1, 0.15) is 5.82 Å². The third-order valence-corrected chi connectivity index (χ3v) is 3.69. The first-order valence-electron chi connectivity index (χ1n) is 5.81. The molecule has 1 nitrogen and oxygen atoms in total. The van der Waals surface area contributed by atoms with Crippen LogP contribution >= 0.6 is 15.9 Å². The van der Waals surface area contributed by atoms with Gasteiger partial charge in [-0.15, -0.1) is 0 Å². The van der Waals surface area contributed by atoms with E-state index in [-0.39, 0.29) is 11.9 Å². The lowest BCUT2D eigenvalue weighted by Gasteiger charge is -2.19. The summed E-state index contributed by atoms with van der Waals surface area (Å²) in [5, 5.41) is 3.17. The van der Waals surface area contributed by atoms with Crippen molar-refractivity contribution in [2.75, 3.05) is 7.05 Å². The van der Waals surface area contributed by atoms with Crippen LogP contribution in [0, 0.1) is 12.7 Å². The summed E-state index contributed by atoms with van der Waals surface area (Å²) in [4.78, 5) is 0. The molecule has 0 fully saturated rings. The van der Waals surface area contributed by atoms with E-state index in [1.54, 1.807) is 6.07 Å². The number of nitrogens with one attached hydrogen (secondary N) is 1. The maximum absolute atomic E-state index is 14.0. The molecule has 0 aromatic heterocycles. The molecule has 0 radical (unpaired) electrons. The van der Waals surface area contributed by atoms with Crippen molar-refractivity contribution in [2.24, 2.45) is 0 Å². The smallest absolute Gasteiger partial charge is 0.128 e. The molecule has 0 aliphatic carbocycles. The minimum atomic E-state index is -0.185. The molecule has 0 aliphatic rings. The van der Waals surface area contributed by atoms with Crippen molar-refractivity contribution in [1.82, 2.24) is 5.32 Å². The van der Waals surface area contributed by atoms with E-state index in [1.165, 1.54) is 6.07 Å². The highest BCUT2D eigenvalue weighted by Crippen LogP contribution is 2.30. The van der Waals surface area contributed by atoms with Gasteiger partial charge in [0.05, 0.1) is 6.04 Å². The van der Waals surface area contributed by atoms with E-state index in [2.05, 4.69) is 21.2 Å². The van der Waals surface area contributed by atoms with Crippen molar-refractivity contribution >= 4 is 15.9 Å². The van der Waals surface area contributed by atoms with Gasteiger partial charge in [-0.1, -0.05) is 51.8 Å². The highest BCUT2D eigenvalue weighted by atomic mass is 79.9. The van der Waals surface area contributed by atoms with Gasteiger partial charge < -0.3 is 5.32 Å². The molecule has 0 saturated heterocycles. The van der Waals surface area contributed by atoms with Crippen molar-refractivity contribution in [2.45, 2.75) is 13.0 Å². The zero-order chi connectivity index (χ0) is 13.1. The maximum Gasteiger partial charge on any atom is 0.128 e. The van der Waals surface area contributed by atoms with Crippen LogP contribution in [-0.4, -0.2) is 7.05 Å². The topological polar surface area (TPSA) is 12.0 Å². The predicted octanol–water partition coefficient (Wildman–Crippen LogP) is 4.21. The van der Waals surface area contributed by atoms with Gasteiger partial charge in [-0.05, 0) is 31.7 Å². The van der Waals surface area contributed by atoms with Crippen molar-refractivity contribution in [3.63, 3.8) is 0 Å². The highest BCUT2D eigenvalue weighted by molar-refractivity contribution is 9.10. The molecule has 0 bridgehead atoms. The second-order valence-corrected chi connectivity index (χ2v) is 5.12. The van der Waals surface area contributed by atoms with Crippen LogP contribution in [0.1, 0.15) is 22.7 Å². The molecule has 1 N–H and O–H groups in total. The first-order chi connectivity index (χ1) is 8.63. The molecule has 2 aromatic carbocycles. The Hall–Kier alpha value is -1.19. The minimum absolute atomic E-state index is 0.152. The number of halogens is 2. The third-order valence-electron chi connectivity index (χ3n) is 2.97. The van der Waals surface area contributed by atoms with Gasteiger partial charge in [-0.2, -0.15) is 0 Å². The summed E-state index contributed by atoms with van der Waals surface area (Å²) >= 11 is 3.52. The predicted molar refractivity (Wildman–Crippen MR) is 76.2 cm³/mol. The normalized spacial score (nSPS) is 12.4. The second kappa shape index (κ2) is 5.63. The number of hydrogen-bond donors (Lipinski definition) is 1. The summed E-state index contributed by atoms with van der Waals surface area (Å²) < 4.78 is 14.9. The molecular formula is C15H15BrFN. The number of rotatable bonds is 3. The van der Waals surface area contributed by atoms with Crippen LogP contribution in [0.15, 0.2) is 46.9 Å². The Morgan fingerprint density at radius 2 is 1.83 bits per heavy atom. The van der Waals surface area contributed by atoms with E-state index in [9.17, 15) is 4.39 Å².